The average Bonchev–Trinajstić information content (AvgIpc) is 2.61. The summed E-state index contributed by atoms with van der Waals surface area (Å²) in [5, 5.41) is 7.39. The van der Waals surface area contributed by atoms with Gasteiger partial charge in [0.2, 0.25) is 0 Å². The van der Waals surface area contributed by atoms with Crippen molar-refractivity contribution >= 4 is 49.6 Å². The molecular formula is C20H38Cl4N4. The van der Waals surface area contributed by atoms with Crippen molar-refractivity contribution in [3.05, 3.63) is 35.4 Å². The summed E-state index contributed by atoms with van der Waals surface area (Å²) < 4.78 is 0. The predicted octanol–water partition coefficient (Wildman–Crippen LogP) is 4.09. The van der Waals surface area contributed by atoms with Crippen LogP contribution in [0.15, 0.2) is 24.3 Å². The highest BCUT2D eigenvalue weighted by atomic mass is 35.5. The fourth-order valence-corrected chi connectivity index (χ4v) is 4.21. The van der Waals surface area contributed by atoms with Gasteiger partial charge in [0.05, 0.1) is 0 Å². The van der Waals surface area contributed by atoms with Crippen LogP contribution in [0.1, 0.15) is 62.5 Å². The summed E-state index contributed by atoms with van der Waals surface area (Å²) in [6, 6.07) is 10.3. The van der Waals surface area contributed by atoms with Crippen LogP contribution < -0.4 is 22.1 Å². The molecule has 0 amide bonds. The Labute approximate surface area is 195 Å². The Morgan fingerprint density at radius 3 is 1.36 bits per heavy atom. The lowest BCUT2D eigenvalue weighted by molar-refractivity contribution is 0.322. The highest BCUT2D eigenvalue weighted by Crippen LogP contribution is 2.19. The van der Waals surface area contributed by atoms with E-state index < -0.39 is 0 Å². The third-order valence-corrected chi connectivity index (χ3v) is 5.87. The number of rotatable bonds is 6. The molecule has 1 aromatic rings. The van der Waals surface area contributed by atoms with Crippen molar-refractivity contribution in [3.8, 4) is 0 Å². The van der Waals surface area contributed by atoms with Gasteiger partial charge < -0.3 is 22.1 Å². The van der Waals surface area contributed by atoms with Crippen LogP contribution in [-0.4, -0.2) is 24.2 Å². The maximum atomic E-state index is 6.26. The van der Waals surface area contributed by atoms with Crippen molar-refractivity contribution < 1.29 is 0 Å². The summed E-state index contributed by atoms with van der Waals surface area (Å²) in [5.41, 5.74) is 15.3. The standard InChI is InChI=1S/C20H34N4.4ClH/c21-17-9-3-5-11-19(17)23-13-15-7-1-2-8-16(15)14-24-20-12-6-4-10-18(20)22;;;;/h1-2,7-8,17-20,23-24H,3-6,9-14,21-22H2;4*1H/t17-,18-,19-,20-;;;;/m1..../s1. The molecule has 1 aromatic carbocycles. The second-order valence-electron chi connectivity index (χ2n) is 7.64. The Kier molecular flexibility index (Phi) is 17.4. The van der Waals surface area contributed by atoms with Crippen LogP contribution in [0.4, 0.5) is 0 Å². The maximum absolute atomic E-state index is 6.26. The number of nitrogens with one attached hydrogen (secondary N) is 2. The molecule has 0 aliphatic heterocycles. The molecule has 0 unspecified atom stereocenters. The van der Waals surface area contributed by atoms with Crippen LogP contribution in [0.2, 0.25) is 0 Å². The van der Waals surface area contributed by atoms with E-state index in [9.17, 15) is 0 Å². The Hall–Kier alpha value is 0.220. The monoisotopic (exact) mass is 474 g/mol. The molecule has 3 rings (SSSR count). The highest BCUT2D eigenvalue weighted by Gasteiger charge is 2.22. The van der Waals surface area contributed by atoms with E-state index in [1.165, 1.54) is 49.7 Å². The topological polar surface area (TPSA) is 76.1 Å². The van der Waals surface area contributed by atoms with Gasteiger partial charge in [0, 0.05) is 37.3 Å². The van der Waals surface area contributed by atoms with E-state index >= 15 is 0 Å². The molecule has 0 heterocycles. The Bertz CT molecular complexity index is 476. The van der Waals surface area contributed by atoms with Crippen molar-refractivity contribution in [1.82, 2.24) is 10.6 Å². The van der Waals surface area contributed by atoms with Gasteiger partial charge in [0.15, 0.2) is 0 Å². The van der Waals surface area contributed by atoms with Crippen LogP contribution in [0.5, 0.6) is 0 Å². The Balaban J connectivity index is 0. The zero-order valence-electron chi connectivity index (χ0n) is 16.5. The molecule has 2 aliphatic carbocycles. The molecule has 4 atom stereocenters. The highest BCUT2D eigenvalue weighted by molar-refractivity contribution is 5.86. The molecule has 2 aliphatic rings. The molecule has 2 fully saturated rings. The van der Waals surface area contributed by atoms with Gasteiger partial charge in [0.1, 0.15) is 0 Å². The van der Waals surface area contributed by atoms with Gasteiger partial charge in [-0.3, -0.25) is 0 Å². The van der Waals surface area contributed by atoms with Crippen molar-refractivity contribution in [2.75, 3.05) is 0 Å². The van der Waals surface area contributed by atoms with Gasteiger partial charge in [-0.1, -0.05) is 49.9 Å². The van der Waals surface area contributed by atoms with Crippen molar-refractivity contribution in [2.24, 2.45) is 11.5 Å². The number of halogens is 4. The van der Waals surface area contributed by atoms with E-state index in [4.69, 9.17) is 11.5 Å². The first kappa shape index (κ1) is 30.4. The predicted molar refractivity (Wildman–Crippen MR) is 130 cm³/mol. The molecule has 0 saturated heterocycles. The first-order chi connectivity index (χ1) is 11.7. The summed E-state index contributed by atoms with van der Waals surface area (Å²) in [5.74, 6) is 0. The minimum atomic E-state index is 0. The van der Waals surface area contributed by atoms with E-state index in [-0.39, 0.29) is 49.6 Å². The normalized spacial score (nSPS) is 26.6. The van der Waals surface area contributed by atoms with Crippen molar-refractivity contribution in [2.45, 2.75) is 88.6 Å². The first-order valence-corrected chi connectivity index (χ1v) is 9.79. The summed E-state index contributed by atoms with van der Waals surface area (Å²) in [7, 11) is 0. The lowest BCUT2D eigenvalue weighted by Crippen LogP contribution is -2.47. The number of benzene rings is 1. The molecule has 0 aromatic heterocycles. The summed E-state index contributed by atoms with van der Waals surface area (Å²) in [4.78, 5) is 0. The summed E-state index contributed by atoms with van der Waals surface area (Å²) in [6.07, 6.45) is 9.88. The summed E-state index contributed by atoms with van der Waals surface area (Å²) >= 11 is 0. The van der Waals surface area contributed by atoms with Gasteiger partial charge in [-0.05, 0) is 36.8 Å². The van der Waals surface area contributed by atoms with E-state index in [1.807, 2.05) is 0 Å². The van der Waals surface area contributed by atoms with Crippen LogP contribution >= 0.6 is 49.6 Å². The van der Waals surface area contributed by atoms with E-state index in [0.717, 1.165) is 25.9 Å². The molecule has 0 bridgehead atoms. The molecule has 166 valence electrons. The maximum Gasteiger partial charge on any atom is 0.0222 e. The molecule has 0 radical (unpaired) electrons. The fourth-order valence-electron chi connectivity index (χ4n) is 4.21. The zero-order valence-corrected chi connectivity index (χ0v) is 19.7. The van der Waals surface area contributed by atoms with Crippen LogP contribution in [-0.2, 0) is 13.1 Å². The Morgan fingerprint density at radius 2 is 1.00 bits per heavy atom. The van der Waals surface area contributed by atoms with Crippen molar-refractivity contribution in [3.63, 3.8) is 0 Å². The summed E-state index contributed by atoms with van der Waals surface area (Å²) in [6.45, 7) is 1.82. The Morgan fingerprint density at radius 1 is 0.643 bits per heavy atom. The molecule has 2 saturated carbocycles. The van der Waals surface area contributed by atoms with Gasteiger partial charge in [-0.25, -0.2) is 0 Å². The molecule has 4 nitrogen and oxygen atoms in total. The van der Waals surface area contributed by atoms with Gasteiger partial charge >= 0.3 is 0 Å². The smallest absolute Gasteiger partial charge is 0.0222 e. The van der Waals surface area contributed by atoms with E-state index in [1.54, 1.807) is 0 Å². The number of hydrogen-bond donors (Lipinski definition) is 4. The van der Waals surface area contributed by atoms with Gasteiger partial charge in [-0.15, -0.1) is 49.6 Å². The SMILES string of the molecule is Cl.Cl.Cl.Cl.N[C@@H]1CCCC[C@H]1NCc1ccccc1CN[C@@H]1CCCC[C@H]1N. The lowest BCUT2D eigenvalue weighted by Gasteiger charge is -2.31. The van der Waals surface area contributed by atoms with Gasteiger partial charge in [-0.2, -0.15) is 0 Å². The molecular weight excluding hydrogens is 438 g/mol. The largest absolute Gasteiger partial charge is 0.326 e. The minimum absolute atomic E-state index is 0. The minimum Gasteiger partial charge on any atom is -0.326 e. The van der Waals surface area contributed by atoms with E-state index in [0.29, 0.717) is 24.2 Å². The average molecular weight is 476 g/mol. The lowest BCUT2D eigenvalue weighted by atomic mass is 9.90. The molecule has 0 spiro atoms. The second-order valence-corrected chi connectivity index (χ2v) is 7.64. The fraction of sp³-hybridized carbons (Fsp3) is 0.700. The third-order valence-electron chi connectivity index (χ3n) is 5.87. The van der Waals surface area contributed by atoms with Crippen LogP contribution in [0.3, 0.4) is 0 Å². The van der Waals surface area contributed by atoms with Crippen molar-refractivity contribution in [1.29, 1.82) is 0 Å². The molecule has 6 N–H and O–H groups in total. The zero-order chi connectivity index (χ0) is 16.8. The van der Waals surface area contributed by atoms with Crippen LogP contribution in [0.25, 0.3) is 0 Å². The van der Waals surface area contributed by atoms with E-state index in [2.05, 4.69) is 34.9 Å². The second kappa shape index (κ2) is 16.0. The van der Waals surface area contributed by atoms with Gasteiger partial charge in [0.25, 0.3) is 0 Å². The number of nitrogens with two attached hydrogens (primary N) is 2. The third kappa shape index (κ3) is 8.93. The quantitative estimate of drug-likeness (QED) is 0.499. The van der Waals surface area contributed by atoms with Crippen LogP contribution in [0, 0.1) is 0 Å². The first-order valence-electron chi connectivity index (χ1n) is 9.79. The molecule has 28 heavy (non-hydrogen) atoms. The molecule has 8 heteroatoms. The number of hydrogen-bond acceptors (Lipinski definition) is 4.